The van der Waals surface area contributed by atoms with E-state index in [9.17, 15) is 9.59 Å². The Kier molecular flexibility index (Phi) is 4.56. The van der Waals surface area contributed by atoms with Gasteiger partial charge in [-0.25, -0.2) is 0 Å². The number of amides is 2. The first-order valence-corrected chi connectivity index (χ1v) is 7.57. The number of carbonyl (C=O) groups excluding carboxylic acids is 2. The SMILES string of the molecule is Cc1cc(NC(=O)c2cncc(C(=O)N(C)c3ccccc3)c2)no1. The van der Waals surface area contributed by atoms with Gasteiger partial charge in [0.05, 0.1) is 11.1 Å². The van der Waals surface area contributed by atoms with Crippen LogP contribution in [0.1, 0.15) is 26.5 Å². The second-order valence-corrected chi connectivity index (χ2v) is 5.44. The monoisotopic (exact) mass is 336 g/mol. The Bertz CT molecular complexity index is 905. The molecule has 7 nitrogen and oxygen atoms in total. The molecule has 0 saturated heterocycles. The van der Waals surface area contributed by atoms with Crippen molar-refractivity contribution < 1.29 is 14.1 Å². The van der Waals surface area contributed by atoms with Gasteiger partial charge >= 0.3 is 0 Å². The van der Waals surface area contributed by atoms with E-state index in [-0.39, 0.29) is 11.5 Å². The van der Waals surface area contributed by atoms with Gasteiger partial charge in [-0.3, -0.25) is 14.6 Å². The van der Waals surface area contributed by atoms with Crippen molar-refractivity contribution in [2.45, 2.75) is 6.92 Å². The first kappa shape index (κ1) is 16.4. The topological polar surface area (TPSA) is 88.3 Å². The number of nitrogens with one attached hydrogen (secondary N) is 1. The molecule has 7 heteroatoms. The maximum absolute atomic E-state index is 12.6. The molecule has 0 fully saturated rings. The summed E-state index contributed by atoms with van der Waals surface area (Å²) < 4.78 is 4.90. The molecular formula is C18H16N4O3. The lowest BCUT2D eigenvalue weighted by atomic mass is 10.1. The van der Waals surface area contributed by atoms with E-state index < -0.39 is 5.91 Å². The van der Waals surface area contributed by atoms with Crippen LogP contribution in [0.4, 0.5) is 11.5 Å². The van der Waals surface area contributed by atoms with Crippen LogP contribution >= 0.6 is 0 Å². The zero-order valence-corrected chi connectivity index (χ0v) is 13.8. The molecule has 2 aromatic heterocycles. The number of hydrogen-bond donors (Lipinski definition) is 1. The molecule has 0 radical (unpaired) electrons. The van der Waals surface area contributed by atoms with Crippen molar-refractivity contribution in [1.82, 2.24) is 10.1 Å². The number of rotatable bonds is 4. The lowest BCUT2D eigenvalue weighted by Gasteiger charge is -2.17. The number of anilines is 2. The average molecular weight is 336 g/mol. The highest BCUT2D eigenvalue weighted by atomic mass is 16.5. The highest BCUT2D eigenvalue weighted by Crippen LogP contribution is 2.16. The minimum atomic E-state index is -0.419. The minimum absolute atomic E-state index is 0.257. The summed E-state index contributed by atoms with van der Waals surface area (Å²) in [4.78, 5) is 30.4. The Labute approximate surface area is 144 Å². The fourth-order valence-corrected chi connectivity index (χ4v) is 2.26. The Morgan fingerprint density at radius 3 is 2.48 bits per heavy atom. The third kappa shape index (κ3) is 3.72. The Morgan fingerprint density at radius 1 is 1.08 bits per heavy atom. The van der Waals surface area contributed by atoms with Crippen LogP contribution in [0.15, 0.2) is 59.4 Å². The van der Waals surface area contributed by atoms with E-state index in [1.54, 1.807) is 20.0 Å². The quantitative estimate of drug-likeness (QED) is 0.791. The molecule has 0 aliphatic heterocycles. The molecule has 0 bridgehead atoms. The molecule has 3 rings (SSSR count). The summed E-state index contributed by atoms with van der Waals surface area (Å²) in [5, 5.41) is 6.30. The van der Waals surface area contributed by atoms with E-state index in [0.29, 0.717) is 17.1 Å². The predicted molar refractivity (Wildman–Crippen MR) is 92.6 cm³/mol. The average Bonchev–Trinajstić information content (AvgIpc) is 3.06. The maximum atomic E-state index is 12.6. The van der Waals surface area contributed by atoms with Gasteiger partial charge < -0.3 is 14.7 Å². The molecule has 25 heavy (non-hydrogen) atoms. The summed E-state index contributed by atoms with van der Waals surface area (Å²) in [6.07, 6.45) is 2.82. The van der Waals surface area contributed by atoms with Gasteiger partial charge in [0.2, 0.25) is 0 Å². The van der Waals surface area contributed by atoms with Crippen LogP contribution in [-0.4, -0.2) is 29.0 Å². The van der Waals surface area contributed by atoms with Crippen LogP contribution in [0.25, 0.3) is 0 Å². The van der Waals surface area contributed by atoms with Crippen LogP contribution < -0.4 is 10.2 Å². The molecule has 1 N–H and O–H groups in total. The summed E-state index contributed by atoms with van der Waals surface area (Å²) >= 11 is 0. The van der Waals surface area contributed by atoms with Crippen molar-refractivity contribution in [2.75, 3.05) is 17.3 Å². The third-order valence-corrected chi connectivity index (χ3v) is 3.57. The largest absolute Gasteiger partial charge is 0.360 e. The molecule has 3 aromatic rings. The number of aryl methyl sites for hydroxylation is 1. The van der Waals surface area contributed by atoms with E-state index in [1.807, 2.05) is 30.3 Å². The van der Waals surface area contributed by atoms with Crippen molar-refractivity contribution in [3.05, 3.63) is 71.7 Å². The van der Waals surface area contributed by atoms with Gasteiger partial charge in [-0.2, -0.15) is 0 Å². The first-order chi connectivity index (χ1) is 12.0. The highest BCUT2D eigenvalue weighted by Gasteiger charge is 2.16. The number of pyridine rings is 1. The Morgan fingerprint density at radius 2 is 1.80 bits per heavy atom. The van der Waals surface area contributed by atoms with E-state index in [1.165, 1.54) is 23.4 Å². The molecule has 126 valence electrons. The van der Waals surface area contributed by atoms with E-state index in [0.717, 1.165) is 5.69 Å². The maximum Gasteiger partial charge on any atom is 0.259 e. The zero-order chi connectivity index (χ0) is 17.8. The molecule has 0 aliphatic carbocycles. The molecule has 2 heterocycles. The van der Waals surface area contributed by atoms with Gasteiger partial charge in [-0.05, 0) is 25.1 Å². The van der Waals surface area contributed by atoms with Crippen molar-refractivity contribution >= 4 is 23.3 Å². The highest BCUT2D eigenvalue weighted by molar-refractivity contribution is 6.08. The second kappa shape index (κ2) is 6.96. The van der Waals surface area contributed by atoms with Crippen molar-refractivity contribution in [2.24, 2.45) is 0 Å². The van der Waals surface area contributed by atoms with Gasteiger partial charge in [0.15, 0.2) is 5.82 Å². The summed E-state index contributed by atoms with van der Waals surface area (Å²) in [6, 6.07) is 12.3. The molecule has 1 aromatic carbocycles. The van der Waals surface area contributed by atoms with E-state index >= 15 is 0 Å². The summed E-state index contributed by atoms with van der Waals surface area (Å²) in [6.45, 7) is 1.73. The molecule has 0 saturated carbocycles. The van der Waals surface area contributed by atoms with Crippen LogP contribution in [0.2, 0.25) is 0 Å². The molecule has 0 atom stereocenters. The van der Waals surface area contributed by atoms with Gasteiger partial charge in [0.1, 0.15) is 5.76 Å². The Balaban J connectivity index is 1.79. The predicted octanol–water partition coefficient (Wildman–Crippen LogP) is 2.91. The normalized spacial score (nSPS) is 10.3. The second-order valence-electron chi connectivity index (χ2n) is 5.44. The number of para-hydroxylation sites is 1. The first-order valence-electron chi connectivity index (χ1n) is 7.57. The van der Waals surface area contributed by atoms with E-state index in [4.69, 9.17) is 4.52 Å². The van der Waals surface area contributed by atoms with Crippen molar-refractivity contribution in [1.29, 1.82) is 0 Å². The number of carbonyl (C=O) groups is 2. The smallest absolute Gasteiger partial charge is 0.259 e. The molecule has 0 spiro atoms. The number of hydrogen-bond acceptors (Lipinski definition) is 5. The summed E-state index contributed by atoms with van der Waals surface area (Å²) in [5.41, 5.74) is 1.32. The zero-order valence-electron chi connectivity index (χ0n) is 13.8. The van der Waals surface area contributed by atoms with Gasteiger partial charge in [-0.15, -0.1) is 0 Å². The molecule has 0 unspecified atom stereocenters. The lowest BCUT2D eigenvalue weighted by Crippen LogP contribution is -2.26. The summed E-state index contributed by atoms with van der Waals surface area (Å²) in [7, 11) is 1.67. The third-order valence-electron chi connectivity index (χ3n) is 3.57. The van der Waals surface area contributed by atoms with Gasteiger partial charge in [0, 0.05) is 31.2 Å². The lowest BCUT2D eigenvalue weighted by molar-refractivity contribution is 0.0992. The van der Waals surface area contributed by atoms with Crippen molar-refractivity contribution in [3.63, 3.8) is 0 Å². The van der Waals surface area contributed by atoms with Crippen LogP contribution in [-0.2, 0) is 0 Å². The molecule has 0 aliphatic rings. The number of aromatic nitrogens is 2. The molecular weight excluding hydrogens is 320 g/mol. The van der Waals surface area contributed by atoms with E-state index in [2.05, 4.69) is 15.5 Å². The summed E-state index contributed by atoms with van der Waals surface area (Å²) in [5.74, 6) is 0.214. The molecule has 2 amide bonds. The van der Waals surface area contributed by atoms with Crippen LogP contribution in [0.5, 0.6) is 0 Å². The number of benzene rings is 1. The fourth-order valence-electron chi connectivity index (χ4n) is 2.26. The minimum Gasteiger partial charge on any atom is -0.360 e. The number of nitrogens with zero attached hydrogens (tertiary/aromatic N) is 3. The van der Waals surface area contributed by atoms with Crippen molar-refractivity contribution in [3.8, 4) is 0 Å². The van der Waals surface area contributed by atoms with Gasteiger partial charge in [-0.1, -0.05) is 23.4 Å². The Hall–Kier alpha value is -3.48. The van der Waals surface area contributed by atoms with Crippen LogP contribution in [0.3, 0.4) is 0 Å². The van der Waals surface area contributed by atoms with Gasteiger partial charge in [0.25, 0.3) is 11.8 Å². The standard InChI is InChI=1S/C18H16N4O3/c1-12-8-16(21-25-12)20-17(23)13-9-14(11-19-10-13)18(24)22(2)15-6-4-3-5-7-15/h3-11H,1-2H3,(H,20,21,23). The fraction of sp³-hybridized carbons (Fsp3) is 0.111. The van der Waals surface area contributed by atoms with Crippen LogP contribution in [0, 0.1) is 6.92 Å².